The third kappa shape index (κ3) is 3.61. The first-order valence-electron chi connectivity index (χ1n) is 7.21. The summed E-state index contributed by atoms with van der Waals surface area (Å²) < 4.78 is 5.50. The number of hydrogen-bond donors (Lipinski definition) is 1. The highest BCUT2D eigenvalue weighted by molar-refractivity contribution is 6.18. The molecule has 0 aromatic heterocycles. The van der Waals surface area contributed by atoms with E-state index >= 15 is 0 Å². The minimum absolute atomic E-state index is 0.0600. The minimum atomic E-state index is -0.227. The van der Waals surface area contributed by atoms with Gasteiger partial charge in [-0.1, -0.05) is 19.3 Å². The zero-order chi connectivity index (χ0) is 12.8. The summed E-state index contributed by atoms with van der Waals surface area (Å²) in [4.78, 5) is 12.0. The van der Waals surface area contributed by atoms with E-state index in [1.54, 1.807) is 0 Å². The van der Waals surface area contributed by atoms with Crippen molar-refractivity contribution in [3.05, 3.63) is 0 Å². The van der Waals surface area contributed by atoms with Crippen LogP contribution in [-0.2, 0) is 9.53 Å². The Balaban J connectivity index is 1.79. The van der Waals surface area contributed by atoms with Crippen LogP contribution in [0.1, 0.15) is 51.4 Å². The number of ether oxygens (including phenoxy) is 1. The van der Waals surface area contributed by atoms with Crippen molar-refractivity contribution in [2.75, 3.05) is 19.0 Å². The number of nitrogens with one attached hydrogen (secondary N) is 1. The number of rotatable bonds is 4. The van der Waals surface area contributed by atoms with Gasteiger partial charge in [0.15, 0.2) is 0 Å². The normalized spacial score (nSPS) is 27.7. The van der Waals surface area contributed by atoms with Crippen molar-refractivity contribution in [3.63, 3.8) is 0 Å². The van der Waals surface area contributed by atoms with Crippen LogP contribution in [0.4, 0.5) is 0 Å². The Bertz CT molecular complexity index is 271. The Kier molecular flexibility index (Phi) is 5.31. The van der Waals surface area contributed by atoms with E-state index in [1.165, 1.54) is 19.3 Å². The highest BCUT2D eigenvalue weighted by Crippen LogP contribution is 2.36. The quantitative estimate of drug-likeness (QED) is 0.800. The largest absolute Gasteiger partial charge is 0.368 e. The topological polar surface area (TPSA) is 38.3 Å². The maximum atomic E-state index is 12.0. The molecule has 4 heteroatoms. The van der Waals surface area contributed by atoms with Crippen LogP contribution < -0.4 is 5.32 Å². The molecule has 2 aliphatic rings. The number of carbonyl (C=O) groups excluding carboxylic acids is 1. The van der Waals surface area contributed by atoms with Gasteiger partial charge in [-0.3, -0.25) is 4.79 Å². The maximum absolute atomic E-state index is 12.0. The molecule has 1 atom stereocenters. The second kappa shape index (κ2) is 6.76. The zero-order valence-electron chi connectivity index (χ0n) is 11.0. The summed E-state index contributed by atoms with van der Waals surface area (Å²) >= 11 is 6.12. The summed E-state index contributed by atoms with van der Waals surface area (Å²) in [7, 11) is 0. The molecule has 0 bridgehead atoms. The summed E-state index contributed by atoms with van der Waals surface area (Å²) in [5.74, 6) is 0.712. The van der Waals surface area contributed by atoms with Crippen molar-refractivity contribution in [1.29, 1.82) is 0 Å². The Morgan fingerprint density at radius 1 is 1.22 bits per heavy atom. The number of alkyl halides is 1. The van der Waals surface area contributed by atoms with Crippen LogP contribution in [0.15, 0.2) is 0 Å². The molecule has 1 aliphatic carbocycles. The van der Waals surface area contributed by atoms with E-state index in [9.17, 15) is 4.79 Å². The molecule has 1 N–H and O–H groups in total. The number of hydrogen-bond acceptors (Lipinski definition) is 2. The second-order valence-electron chi connectivity index (χ2n) is 5.77. The Morgan fingerprint density at radius 2 is 2.00 bits per heavy atom. The van der Waals surface area contributed by atoms with E-state index in [1.807, 2.05) is 0 Å². The van der Waals surface area contributed by atoms with E-state index in [0.717, 1.165) is 45.3 Å². The van der Waals surface area contributed by atoms with Crippen molar-refractivity contribution in [2.24, 2.45) is 5.41 Å². The predicted molar refractivity (Wildman–Crippen MR) is 72.8 cm³/mol. The van der Waals surface area contributed by atoms with Gasteiger partial charge < -0.3 is 10.1 Å². The fraction of sp³-hybridized carbons (Fsp3) is 0.929. The van der Waals surface area contributed by atoms with Gasteiger partial charge >= 0.3 is 0 Å². The monoisotopic (exact) mass is 273 g/mol. The molecule has 2 fully saturated rings. The highest BCUT2D eigenvalue weighted by atomic mass is 35.5. The van der Waals surface area contributed by atoms with Gasteiger partial charge in [0.2, 0.25) is 5.91 Å². The van der Waals surface area contributed by atoms with E-state index in [4.69, 9.17) is 16.3 Å². The van der Waals surface area contributed by atoms with Crippen LogP contribution in [-0.4, -0.2) is 31.0 Å². The third-order valence-corrected chi connectivity index (χ3v) is 4.87. The maximum Gasteiger partial charge on any atom is 0.249 e. The van der Waals surface area contributed by atoms with Gasteiger partial charge in [-0.05, 0) is 32.1 Å². The van der Waals surface area contributed by atoms with Crippen LogP contribution in [0, 0.1) is 5.41 Å². The van der Waals surface area contributed by atoms with Crippen molar-refractivity contribution >= 4 is 17.5 Å². The van der Waals surface area contributed by atoms with Gasteiger partial charge in [0.25, 0.3) is 0 Å². The average Bonchev–Trinajstić information content (AvgIpc) is 2.47. The van der Waals surface area contributed by atoms with E-state index in [2.05, 4.69) is 5.32 Å². The number of halogens is 1. The molecule has 104 valence electrons. The molecule has 1 unspecified atom stereocenters. The summed E-state index contributed by atoms with van der Waals surface area (Å²) in [5.41, 5.74) is 0.129. The fourth-order valence-corrected chi connectivity index (χ4v) is 3.36. The Morgan fingerprint density at radius 3 is 2.61 bits per heavy atom. The van der Waals surface area contributed by atoms with Crippen LogP contribution in [0.25, 0.3) is 0 Å². The van der Waals surface area contributed by atoms with Crippen molar-refractivity contribution in [3.8, 4) is 0 Å². The molecule has 2 rings (SSSR count). The Hall–Kier alpha value is -0.280. The van der Waals surface area contributed by atoms with Crippen molar-refractivity contribution in [2.45, 2.75) is 57.5 Å². The molecule has 1 saturated carbocycles. The van der Waals surface area contributed by atoms with Gasteiger partial charge in [-0.2, -0.15) is 0 Å². The number of amides is 1. The standard InChI is InChI=1S/C14H24ClNO2/c15-10-14(7-3-1-4-8-14)11-16-13(17)12-6-2-5-9-18-12/h12H,1-11H2,(H,16,17). The molecule has 1 amide bonds. The summed E-state index contributed by atoms with van der Waals surface area (Å²) in [6.45, 7) is 1.44. The lowest BCUT2D eigenvalue weighted by molar-refractivity contribution is -0.136. The lowest BCUT2D eigenvalue weighted by atomic mass is 9.75. The van der Waals surface area contributed by atoms with Gasteiger partial charge in [0.05, 0.1) is 0 Å². The summed E-state index contributed by atoms with van der Waals surface area (Å²) in [6.07, 6.45) is 8.87. The molecule has 1 aliphatic heterocycles. The van der Waals surface area contributed by atoms with Gasteiger partial charge in [0.1, 0.15) is 6.10 Å². The van der Waals surface area contributed by atoms with E-state index in [0.29, 0.717) is 5.88 Å². The molecule has 1 saturated heterocycles. The fourth-order valence-electron chi connectivity index (χ4n) is 3.00. The summed E-state index contributed by atoms with van der Waals surface area (Å²) in [6, 6.07) is 0. The lowest BCUT2D eigenvalue weighted by Crippen LogP contribution is -2.45. The average molecular weight is 274 g/mol. The van der Waals surface area contributed by atoms with Crippen LogP contribution in [0.2, 0.25) is 0 Å². The molecule has 1 heterocycles. The smallest absolute Gasteiger partial charge is 0.249 e. The lowest BCUT2D eigenvalue weighted by Gasteiger charge is -2.36. The van der Waals surface area contributed by atoms with Gasteiger partial charge in [-0.15, -0.1) is 11.6 Å². The molecule has 3 nitrogen and oxygen atoms in total. The molecule has 0 radical (unpaired) electrons. The van der Waals surface area contributed by atoms with Gasteiger partial charge in [-0.25, -0.2) is 0 Å². The first-order chi connectivity index (χ1) is 8.76. The van der Waals surface area contributed by atoms with E-state index in [-0.39, 0.29) is 17.4 Å². The molecular weight excluding hydrogens is 250 g/mol. The second-order valence-corrected chi connectivity index (χ2v) is 6.03. The van der Waals surface area contributed by atoms with Crippen molar-refractivity contribution in [1.82, 2.24) is 5.32 Å². The molecule has 0 spiro atoms. The molecule has 18 heavy (non-hydrogen) atoms. The first kappa shape index (κ1) is 14.1. The Labute approximate surface area is 115 Å². The van der Waals surface area contributed by atoms with Crippen LogP contribution >= 0.6 is 11.6 Å². The zero-order valence-corrected chi connectivity index (χ0v) is 11.8. The highest BCUT2D eigenvalue weighted by Gasteiger charge is 2.32. The van der Waals surface area contributed by atoms with E-state index < -0.39 is 0 Å². The van der Waals surface area contributed by atoms with Gasteiger partial charge in [0, 0.05) is 24.4 Å². The molecule has 0 aromatic rings. The predicted octanol–water partition coefficient (Wildman–Crippen LogP) is 2.86. The van der Waals surface area contributed by atoms with Crippen LogP contribution in [0.5, 0.6) is 0 Å². The molecule has 0 aromatic carbocycles. The molecular formula is C14H24ClNO2. The third-order valence-electron chi connectivity index (χ3n) is 4.31. The number of carbonyl (C=O) groups is 1. The van der Waals surface area contributed by atoms with Crippen molar-refractivity contribution < 1.29 is 9.53 Å². The SMILES string of the molecule is O=C(NCC1(CCl)CCCCC1)C1CCCCO1. The first-order valence-corrected chi connectivity index (χ1v) is 7.74. The minimum Gasteiger partial charge on any atom is -0.368 e. The summed E-state index contributed by atoms with van der Waals surface area (Å²) in [5, 5.41) is 3.07. The van der Waals surface area contributed by atoms with Crippen LogP contribution in [0.3, 0.4) is 0 Å².